The van der Waals surface area contributed by atoms with Crippen LogP contribution in [0.1, 0.15) is 46.1 Å². The fraction of sp³-hybridized carbons (Fsp3) is 0.619. The molecule has 0 radical (unpaired) electrons. The number of carbonyl (C=O) groups is 1. The molecule has 28 heavy (non-hydrogen) atoms. The highest BCUT2D eigenvalue weighted by Crippen LogP contribution is 2.12. The van der Waals surface area contributed by atoms with Gasteiger partial charge in [0, 0.05) is 26.2 Å². The first kappa shape index (κ1) is 24.5. The Kier molecular flexibility index (Phi) is 10.6. The Balaban J connectivity index is 0.00000392. The SMILES string of the molecule is CCNC(=NCCCc1ccccc1)N1CCC(NC(=O)OC(C)(C)C)C1.I. The first-order valence-corrected chi connectivity index (χ1v) is 9.94. The number of guanidine groups is 1. The summed E-state index contributed by atoms with van der Waals surface area (Å²) in [7, 11) is 0. The van der Waals surface area contributed by atoms with Gasteiger partial charge in [-0.3, -0.25) is 4.99 Å². The number of amides is 1. The summed E-state index contributed by atoms with van der Waals surface area (Å²) in [6.07, 6.45) is 2.60. The number of ether oxygens (including phenoxy) is 1. The summed E-state index contributed by atoms with van der Waals surface area (Å²) in [5.74, 6) is 0.930. The van der Waals surface area contributed by atoms with Crippen LogP contribution >= 0.6 is 24.0 Å². The molecular formula is C21H35IN4O2. The van der Waals surface area contributed by atoms with E-state index in [0.29, 0.717) is 0 Å². The lowest BCUT2D eigenvalue weighted by Gasteiger charge is -2.23. The summed E-state index contributed by atoms with van der Waals surface area (Å²) in [5, 5.41) is 6.33. The predicted octanol–water partition coefficient (Wildman–Crippen LogP) is 3.80. The van der Waals surface area contributed by atoms with Crippen molar-refractivity contribution in [1.29, 1.82) is 0 Å². The third kappa shape index (κ3) is 9.12. The molecule has 1 aromatic carbocycles. The molecule has 1 fully saturated rings. The molecule has 0 aliphatic carbocycles. The molecule has 2 rings (SSSR count). The molecule has 158 valence electrons. The van der Waals surface area contributed by atoms with Gasteiger partial charge in [0.1, 0.15) is 5.60 Å². The summed E-state index contributed by atoms with van der Waals surface area (Å²) < 4.78 is 5.35. The molecule has 0 bridgehead atoms. The molecule has 0 saturated carbocycles. The molecule has 2 N–H and O–H groups in total. The van der Waals surface area contributed by atoms with Gasteiger partial charge in [-0.2, -0.15) is 0 Å². The van der Waals surface area contributed by atoms with Crippen molar-refractivity contribution >= 4 is 36.0 Å². The van der Waals surface area contributed by atoms with Gasteiger partial charge >= 0.3 is 6.09 Å². The van der Waals surface area contributed by atoms with Gasteiger partial charge in [-0.1, -0.05) is 30.3 Å². The Labute approximate surface area is 186 Å². The van der Waals surface area contributed by atoms with E-state index in [1.54, 1.807) is 0 Å². The first-order valence-electron chi connectivity index (χ1n) is 9.94. The number of benzene rings is 1. The van der Waals surface area contributed by atoms with Gasteiger partial charge in [-0.05, 0) is 52.5 Å². The Morgan fingerprint density at radius 2 is 2.00 bits per heavy atom. The van der Waals surface area contributed by atoms with E-state index < -0.39 is 5.60 Å². The van der Waals surface area contributed by atoms with Gasteiger partial charge in [0.15, 0.2) is 5.96 Å². The summed E-state index contributed by atoms with van der Waals surface area (Å²) in [5.41, 5.74) is 0.873. The third-order valence-electron chi connectivity index (χ3n) is 4.27. The zero-order chi connectivity index (χ0) is 19.7. The molecule has 1 heterocycles. The van der Waals surface area contributed by atoms with Crippen LogP contribution in [-0.2, 0) is 11.2 Å². The van der Waals surface area contributed by atoms with E-state index in [0.717, 1.165) is 51.4 Å². The minimum atomic E-state index is -0.475. The lowest BCUT2D eigenvalue weighted by molar-refractivity contribution is 0.0507. The van der Waals surface area contributed by atoms with Crippen molar-refractivity contribution in [2.45, 2.75) is 58.6 Å². The summed E-state index contributed by atoms with van der Waals surface area (Å²) in [6.45, 7) is 11.0. The number of halogens is 1. The van der Waals surface area contributed by atoms with Crippen molar-refractivity contribution in [1.82, 2.24) is 15.5 Å². The zero-order valence-electron chi connectivity index (χ0n) is 17.5. The third-order valence-corrected chi connectivity index (χ3v) is 4.27. The van der Waals surface area contributed by atoms with E-state index in [-0.39, 0.29) is 36.1 Å². The molecule has 1 aliphatic rings. The molecule has 1 aromatic rings. The number of alkyl carbamates (subject to hydrolysis) is 1. The fourth-order valence-electron chi connectivity index (χ4n) is 3.08. The Hall–Kier alpha value is -1.51. The van der Waals surface area contributed by atoms with Crippen LogP contribution in [0, 0.1) is 0 Å². The normalized spacial score (nSPS) is 17.1. The second-order valence-electron chi connectivity index (χ2n) is 7.90. The number of rotatable bonds is 6. The molecule has 1 saturated heterocycles. The maximum atomic E-state index is 12.0. The molecule has 1 atom stereocenters. The van der Waals surface area contributed by atoms with Crippen molar-refractivity contribution in [2.75, 3.05) is 26.2 Å². The highest BCUT2D eigenvalue weighted by molar-refractivity contribution is 14.0. The van der Waals surface area contributed by atoms with Crippen molar-refractivity contribution in [2.24, 2.45) is 4.99 Å². The van der Waals surface area contributed by atoms with Crippen LogP contribution in [0.2, 0.25) is 0 Å². The van der Waals surface area contributed by atoms with Crippen LogP contribution in [0.5, 0.6) is 0 Å². The van der Waals surface area contributed by atoms with Crippen molar-refractivity contribution in [3.05, 3.63) is 35.9 Å². The standard InChI is InChI=1S/C21H34N4O2.HI/c1-5-22-19(23-14-9-12-17-10-7-6-8-11-17)25-15-13-18(16-25)24-20(26)27-21(2,3)4;/h6-8,10-11,18H,5,9,12-16H2,1-4H3,(H,22,23)(H,24,26);1H. The summed E-state index contributed by atoms with van der Waals surface area (Å²) in [4.78, 5) is 19.0. The lowest BCUT2D eigenvalue weighted by Crippen LogP contribution is -2.44. The van der Waals surface area contributed by atoms with E-state index in [1.165, 1.54) is 5.56 Å². The number of nitrogens with zero attached hydrogens (tertiary/aromatic N) is 2. The monoisotopic (exact) mass is 502 g/mol. The van der Waals surface area contributed by atoms with Gasteiger partial charge in [-0.25, -0.2) is 4.79 Å². The Bertz CT molecular complexity index is 617. The smallest absolute Gasteiger partial charge is 0.407 e. The number of hydrogen-bond acceptors (Lipinski definition) is 3. The van der Waals surface area contributed by atoms with Gasteiger partial charge in [-0.15, -0.1) is 24.0 Å². The highest BCUT2D eigenvalue weighted by atomic mass is 127. The van der Waals surface area contributed by atoms with Crippen LogP contribution in [0.4, 0.5) is 4.79 Å². The molecule has 1 amide bonds. The molecule has 7 heteroatoms. The Morgan fingerprint density at radius 3 is 2.64 bits per heavy atom. The molecule has 6 nitrogen and oxygen atoms in total. The van der Waals surface area contributed by atoms with Crippen LogP contribution in [0.25, 0.3) is 0 Å². The highest BCUT2D eigenvalue weighted by Gasteiger charge is 2.27. The van der Waals surface area contributed by atoms with Crippen LogP contribution in [0.3, 0.4) is 0 Å². The van der Waals surface area contributed by atoms with Crippen molar-refractivity contribution in [3.8, 4) is 0 Å². The number of likely N-dealkylation sites (tertiary alicyclic amines) is 1. The van der Waals surface area contributed by atoms with E-state index in [4.69, 9.17) is 9.73 Å². The number of hydrogen-bond donors (Lipinski definition) is 2. The van der Waals surface area contributed by atoms with Crippen molar-refractivity contribution in [3.63, 3.8) is 0 Å². The van der Waals surface area contributed by atoms with E-state index in [9.17, 15) is 4.79 Å². The van der Waals surface area contributed by atoms with Crippen LogP contribution in [0.15, 0.2) is 35.3 Å². The quantitative estimate of drug-likeness (QED) is 0.269. The summed E-state index contributed by atoms with van der Waals surface area (Å²) in [6, 6.07) is 10.6. The molecular weight excluding hydrogens is 467 g/mol. The number of aryl methyl sites for hydroxylation is 1. The molecule has 1 unspecified atom stereocenters. The van der Waals surface area contributed by atoms with E-state index in [2.05, 4.69) is 46.7 Å². The number of aliphatic imine (C=N–C) groups is 1. The first-order chi connectivity index (χ1) is 12.9. The largest absolute Gasteiger partial charge is 0.444 e. The summed E-state index contributed by atoms with van der Waals surface area (Å²) >= 11 is 0. The minimum Gasteiger partial charge on any atom is -0.444 e. The molecule has 0 spiro atoms. The number of carbonyl (C=O) groups excluding carboxylic acids is 1. The second kappa shape index (κ2) is 12.1. The van der Waals surface area contributed by atoms with Gasteiger partial charge < -0.3 is 20.3 Å². The lowest BCUT2D eigenvalue weighted by atomic mass is 10.1. The van der Waals surface area contributed by atoms with Crippen LogP contribution < -0.4 is 10.6 Å². The van der Waals surface area contributed by atoms with Gasteiger partial charge in [0.25, 0.3) is 0 Å². The second-order valence-corrected chi connectivity index (χ2v) is 7.90. The van der Waals surface area contributed by atoms with Gasteiger partial charge in [0.05, 0.1) is 6.04 Å². The molecule has 0 aromatic heterocycles. The van der Waals surface area contributed by atoms with E-state index >= 15 is 0 Å². The zero-order valence-corrected chi connectivity index (χ0v) is 19.9. The van der Waals surface area contributed by atoms with Crippen LogP contribution in [-0.4, -0.2) is 54.8 Å². The Morgan fingerprint density at radius 1 is 1.29 bits per heavy atom. The topological polar surface area (TPSA) is 66.0 Å². The number of nitrogens with one attached hydrogen (secondary N) is 2. The predicted molar refractivity (Wildman–Crippen MR) is 126 cm³/mol. The van der Waals surface area contributed by atoms with Crippen molar-refractivity contribution < 1.29 is 9.53 Å². The maximum Gasteiger partial charge on any atom is 0.407 e. The average Bonchev–Trinajstić information content (AvgIpc) is 3.05. The fourth-order valence-corrected chi connectivity index (χ4v) is 3.08. The van der Waals surface area contributed by atoms with Gasteiger partial charge in [0.2, 0.25) is 0 Å². The average molecular weight is 502 g/mol. The minimum absolute atomic E-state index is 0. The maximum absolute atomic E-state index is 12.0. The molecule has 1 aliphatic heterocycles. The van der Waals surface area contributed by atoms with E-state index in [1.807, 2.05) is 26.8 Å².